The Kier molecular flexibility index (Phi) is 3.36. The summed E-state index contributed by atoms with van der Waals surface area (Å²) in [6.45, 7) is 16.0. The van der Waals surface area contributed by atoms with Crippen molar-refractivity contribution in [1.82, 2.24) is 9.80 Å². The molecule has 0 radical (unpaired) electrons. The molecule has 0 aromatic carbocycles. The van der Waals surface area contributed by atoms with Gasteiger partial charge in [0.1, 0.15) is 0 Å². The quantitative estimate of drug-likeness (QED) is 0.702. The second-order valence-electron chi connectivity index (χ2n) is 6.18. The predicted octanol–water partition coefficient (Wildman–Crippen LogP) is 1.91. The molecule has 0 aromatic rings. The zero-order chi connectivity index (χ0) is 11.0. The van der Waals surface area contributed by atoms with Gasteiger partial charge in [0.25, 0.3) is 0 Å². The first-order valence-electron chi connectivity index (χ1n) is 6.52. The Morgan fingerprint density at radius 1 is 0.933 bits per heavy atom. The minimum absolute atomic E-state index is 0.745. The molecule has 15 heavy (non-hydrogen) atoms. The minimum Gasteiger partial charge on any atom is -0.302 e. The average Bonchev–Trinajstić information content (AvgIpc) is 2.58. The van der Waals surface area contributed by atoms with Gasteiger partial charge in [-0.1, -0.05) is 13.8 Å². The summed E-state index contributed by atoms with van der Waals surface area (Å²) in [5.41, 5.74) is 0. The number of hydrogen-bond donors (Lipinski definition) is 0. The van der Waals surface area contributed by atoms with Crippen molar-refractivity contribution in [3.63, 3.8) is 0 Å². The van der Waals surface area contributed by atoms with Crippen molar-refractivity contribution in [2.75, 3.05) is 32.7 Å². The van der Waals surface area contributed by atoms with Crippen LogP contribution in [0.2, 0.25) is 0 Å². The molecule has 0 amide bonds. The van der Waals surface area contributed by atoms with E-state index >= 15 is 0 Å². The molecule has 0 bridgehead atoms. The Morgan fingerprint density at radius 3 is 1.87 bits per heavy atom. The van der Waals surface area contributed by atoms with Gasteiger partial charge >= 0.3 is 0 Å². The first kappa shape index (κ1) is 11.4. The molecule has 2 atom stereocenters. The molecule has 0 spiro atoms. The second kappa shape index (κ2) is 4.42. The number of fused-ring (bicyclic) bond motifs is 1. The van der Waals surface area contributed by atoms with Crippen molar-refractivity contribution < 1.29 is 0 Å². The SMILES string of the molecule is CC(C)CN1CC2CN(C(C)C)CC2C1. The van der Waals surface area contributed by atoms with Crippen LogP contribution in [0.15, 0.2) is 0 Å². The molecule has 2 saturated heterocycles. The molecule has 0 aromatic heterocycles. The van der Waals surface area contributed by atoms with E-state index in [0.717, 1.165) is 23.8 Å². The van der Waals surface area contributed by atoms with Crippen LogP contribution in [0.25, 0.3) is 0 Å². The van der Waals surface area contributed by atoms with Gasteiger partial charge in [-0.2, -0.15) is 0 Å². The van der Waals surface area contributed by atoms with Crippen molar-refractivity contribution in [2.24, 2.45) is 17.8 Å². The van der Waals surface area contributed by atoms with Gasteiger partial charge in [0.2, 0.25) is 0 Å². The molecular weight excluding hydrogens is 184 g/mol. The molecule has 2 fully saturated rings. The highest BCUT2D eigenvalue weighted by molar-refractivity contribution is 4.93. The standard InChI is InChI=1S/C13H26N2/c1-10(2)5-14-6-12-8-15(11(3)4)9-13(12)7-14/h10-13H,5-9H2,1-4H3. The summed E-state index contributed by atoms with van der Waals surface area (Å²) >= 11 is 0. The van der Waals surface area contributed by atoms with E-state index < -0.39 is 0 Å². The molecular formula is C13H26N2. The van der Waals surface area contributed by atoms with Gasteiger partial charge in [-0.05, 0) is 31.6 Å². The van der Waals surface area contributed by atoms with Crippen LogP contribution in [0, 0.1) is 17.8 Å². The first-order chi connectivity index (χ1) is 7.06. The van der Waals surface area contributed by atoms with Gasteiger partial charge in [0, 0.05) is 38.8 Å². The molecule has 0 saturated carbocycles. The highest BCUT2D eigenvalue weighted by Crippen LogP contribution is 2.32. The summed E-state index contributed by atoms with van der Waals surface area (Å²) in [6, 6.07) is 0.745. The summed E-state index contributed by atoms with van der Waals surface area (Å²) in [5.74, 6) is 2.75. The van der Waals surface area contributed by atoms with Crippen LogP contribution in [-0.4, -0.2) is 48.6 Å². The maximum atomic E-state index is 2.68. The average molecular weight is 210 g/mol. The maximum Gasteiger partial charge on any atom is 0.00388 e. The lowest BCUT2D eigenvalue weighted by molar-refractivity contribution is 0.214. The van der Waals surface area contributed by atoms with E-state index in [1.54, 1.807) is 0 Å². The summed E-state index contributed by atoms with van der Waals surface area (Å²) in [6.07, 6.45) is 0. The van der Waals surface area contributed by atoms with Gasteiger partial charge in [0.05, 0.1) is 0 Å². The normalized spacial score (nSPS) is 33.2. The Morgan fingerprint density at radius 2 is 1.47 bits per heavy atom. The van der Waals surface area contributed by atoms with Crippen LogP contribution in [0.4, 0.5) is 0 Å². The molecule has 2 heteroatoms. The van der Waals surface area contributed by atoms with Crippen molar-refractivity contribution in [3.05, 3.63) is 0 Å². The molecule has 2 aliphatic rings. The minimum atomic E-state index is 0.745. The molecule has 2 unspecified atom stereocenters. The fraction of sp³-hybridized carbons (Fsp3) is 1.00. The zero-order valence-corrected chi connectivity index (χ0v) is 10.7. The zero-order valence-electron chi connectivity index (χ0n) is 10.7. The topological polar surface area (TPSA) is 6.48 Å². The van der Waals surface area contributed by atoms with E-state index in [0.29, 0.717) is 0 Å². The van der Waals surface area contributed by atoms with Gasteiger partial charge in [-0.15, -0.1) is 0 Å². The highest BCUT2D eigenvalue weighted by atomic mass is 15.2. The molecule has 88 valence electrons. The lowest BCUT2D eigenvalue weighted by Crippen LogP contribution is -2.34. The fourth-order valence-electron chi connectivity index (χ4n) is 3.21. The van der Waals surface area contributed by atoms with E-state index in [-0.39, 0.29) is 0 Å². The van der Waals surface area contributed by atoms with Crippen LogP contribution in [-0.2, 0) is 0 Å². The summed E-state index contributed by atoms with van der Waals surface area (Å²) in [4.78, 5) is 5.33. The van der Waals surface area contributed by atoms with Crippen molar-refractivity contribution >= 4 is 0 Å². The number of nitrogens with zero attached hydrogens (tertiary/aromatic N) is 2. The van der Waals surface area contributed by atoms with Crippen molar-refractivity contribution in [3.8, 4) is 0 Å². The lowest BCUT2D eigenvalue weighted by atomic mass is 10.0. The smallest absolute Gasteiger partial charge is 0.00388 e. The molecule has 2 rings (SSSR count). The third-order valence-electron chi connectivity index (χ3n) is 3.94. The Labute approximate surface area is 94.6 Å². The van der Waals surface area contributed by atoms with Gasteiger partial charge in [-0.3, -0.25) is 0 Å². The first-order valence-corrected chi connectivity index (χ1v) is 6.52. The van der Waals surface area contributed by atoms with Crippen LogP contribution < -0.4 is 0 Å². The monoisotopic (exact) mass is 210 g/mol. The van der Waals surface area contributed by atoms with Crippen molar-refractivity contribution in [2.45, 2.75) is 33.7 Å². The Hall–Kier alpha value is -0.0800. The number of likely N-dealkylation sites (tertiary alicyclic amines) is 2. The van der Waals surface area contributed by atoms with E-state index in [4.69, 9.17) is 0 Å². The number of rotatable bonds is 3. The van der Waals surface area contributed by atoms with Crippen LogP contribution >= 0.6 is 0 Å². The maximum absolute atomic E-state index is 2.68. The molecule has 0 N–H and O–H groups in total. The Bertz CT molecular complexity index is 199. The van der Waals surface area contributed by atoms with Gasteiger partial charge in [-0.25, -0.2) is 0 Å². The summed E-state index contributed by atoms with van der Waals surface area (Å²) in [5, 5.41) is 0. The molecule has 2 aliphatic heterocycles. The fourth-order valence-corrected chi connectivity index (χ4v) is 3.21. The van der Waals surface area contributed by atoms with E-state index in [9.17, 15) is 0 Å². The highest BCUT2D eigenvalue weighted by Gasteiger charge is 2.40. The second-order valence-corrected chi connectivity index (χ2v) is 6.18. The molecule has 2 nitrogen and oxygen atoms in total. The summed E-state index contributed by atoms with van der Waals surface area (Å²) < 4.78 is 0. The lowest BCUT2D eigenvalue weighted by Gasteiger charge is -2.24. The van der Waals surface area contributed by atoms with Gasteiger partial charge in [0.15, 0.2) is 0 Å². The van der Waals surface area contributed by atoms with Crippen LogP contribution in [0.1, 0.15) is 27.7 Å². The van der Waals surface area contributed by atoms with E-state index in [1.165, 1.54) is 32.7 Å². The van der Waals surface area contributed by atoms with E-state index in [1.807, 2.05) is 0 Å². The van der Waals surface area contributed by atoms with Crippen LogP contribution in [0.5, 0.6) is 0 Å². The largest absolute Gasteiger partial charge is 0.302 e. The Balaban J connectivity index is 1.83. The van der Waals surface area contributed by atoms with E-state index in [2.05, 4.69) is 37.5 Å². The molecule has 2 heterocycles. The third-order valence-corrected chi connectivity index (χ3v) is 3.94. The summed E-state index contributed by atoms with van der Waals surface area (Å²) in [7, 11) is 0. The van der Waals surface area contributed by atoms with Crippen LogP contribution in [0.3, 0.4) is 0 Å². The van der Waals surface area contributed by atoms with Gasteiger partial charge < -0.3 is 9.80 Å². The molecule has 0 aliphatic carbocycles. The third kappa shape index (κ3) is 2.54. The number of hydrogen-bond acceptors (Lipinski definition) is 2. The van der Waals surface area contributed by atoms with Crippen molar-refractivity contribution in [1.29, 1.82) is 0 Å². The predicted molar refractivity (Wildman–Crippen MR) is 65.0 cm³/mol.